The van der Waals surface area contributed by atoms with E-state index in [2.05, 4.69) is 52.2 Å². The first-order valence-electron chi connectivity index (χ1n) is 9.17. The highest BCUT2D eigenvalue weighted by Gasteiger charge is 2.33. The van der Waals surface area contributed by atoms with Crippen molar-refractivity contribution in [3.05, 3.63) is 27.1 Å². The standard InChI is InChI=1S/C19H24ClIN2O3Si/c1-27(2,3)9-8-25-18(24)12-4-6-14(10-12)26-17-15-11-13(21)5-7-16(15)22-19(20)23-17/h5,7,11-12,14H,4,6,8-10H2,1-3H3/t12-,14+/m0/s1. The first-order valence-corrected chi connectivity index (χ1v) is 14.3. The van der Waals surface area contributed by atoms with Crippen LogP contribution in [0.5, 0.6) is 5.88 Å². The molecule has 3 rings (SSSR count). The highest BCUT2D eigenvalue weighted by atomic mass is 127. The smallest absolute Gasteiger partial charge is 0.309 e. The van der Waals surface area contributed by atoms with Crippen molar-refractivity contribution in [3.8, 4) is 5.88 Å². The van der Waals surface area contributed by atoms with Crippen LogP contribution in [0, 0.1) is 9.49 Å². The van der Waals surface area contributed by atoms with Crippen molar-refractivity contribution < 1.29 is 14.3 Å². The molecule has 1 aromatic heterocycles. The van der Waals surface area contributed by atoms with E-state index in [1.54, 1.807) is 0 Å². The zero-order valence-corrected chi connectivity index (χ0v) is 19.7. The maximum atomic E-state index is 12.3. The fourth-order valence-electron chi connectivity index (χ4n) is 3.13. The number of benzene rings is 1. The fraction of sp³-hybridized carbons (Fsp3) is 0.526. The van der Waals surface area contributed by atoms with E-state index < -0.39 is 8.07 Å². The molecule has 0 aliphatic heterocycles. The Morgan fingerprint density at radius 3 is 2.81 bits per heavy atom. The average molecular weight is 519 g/mol. The Kier molecular flexibility index (Phi) is 6.63. The van der Waals surface area contributed by atoms with Gasteiger partial charge in [-0.15, -0.1) is 0 Å². The summed E-state index contributed by atoms with van der Waals surface area (Å²) >= 11 is 8.29. The van der Waals surface area contributed by atoms with Crippen molar-refractivity contribution >= 4 is 59.1 Å². The van der Waals surface area contributed by atoms with E-state index in [0.717, 1.165) is 33.4 Å². The third-order valence-corrected chi connectivity index (χ3v) is 7.23. The summed E-state index contributed by atoms with van der Waals surface area (Å²) in [4.78, 5) is 20.8. The predicted octanol–water partition coefficient (Wildman–Crippen LogP) is 5.32. The Balaban J connectivity index is 1.62. The van der Waals surface area contributed by atoms with Crippen LogP contribution in [0.4, 0.5) is 0 Å². The van der Waals surface area contributed by atoms with Gasteiger partial charge in [-0.2, -0.15) is 4.98 Å². The van der Waals surface area contributed by atoms with Crippen LogP contribution in [0.25, 0.3) is 10.9 Å². The molecule has 1 aliphatic rings. The molecule has 0 spiro atoms. The number of nitrogens with zero attached hydrogens (tertiary/aromatic N) is 2. The molecule has 27 heavy (non-hydrogen) atoms. The molecular weight excluding hydrogens is 495 g/mol. The Bertz CT molecular complexity index is 844. The van der Waals surface area contributed by atoms with Gasteiger partial charge in [-0.1, -0.05) is 19.6 Å². The maximum absolute atomic E-state index is 12.3. The van der Waals surface area contributed by atoms with Gasteiger partial charge in [0.25, 0.3) is 0 Å². The highest BCUT2D eigenvalue weighted by Crippen LogP contribution is 2.33. The van der Waals surface area contributed by atoms with Crippen molar-refractivity contribution in [1.29, 1.82) is 0 Å². The summed E-state index contributed by atoms with van der Waals surface area (Å²) in [5.74, 6) is 0.293. The van der Waals surface area contributed by atoms with Gasteiger partial charge in [-0.3, -0.25) is 4.79 Å². The number of aromatic nitrogens is 2. The van der Waals surface area contributed by atoms with E-state index in [9.17, 15) is 4.79 Å². The third-order valence-electron chi connectivity index (χ3n) is 4.69. The summed E-state index contributed by atoms with van der Waals surface area (Å²) < 4.78 is 12.7. The number of esters is 1. The molecule has 0 unspecified atom stereocenters. The molecule has 8 heteroatoms. The second-order valence-corrected chi connectivity index (χ2v) is 15.4. The average Bonchev–Trinajstić information content (AvgIpc) is 3.03. The number of hydrogen-bond donors (Lipinski definition) is 0. The molecule has 1 heterocycles. The van der Waals surface area contributed by atoms with E-state index >= 15 is 0 Å². The van der Waals surface area contributed by atoms with Crippen molar-refractivity contribution in [1.82, 2.24) is 9.97 Å². The topological polar surface area (TPSA) is 61.3 Å². The van der Waals surface area contributed by atoms with Gasteiger partial charge in [-0.05, 0) is 77.7 Å². The molecule has 1 aromatic carbocycles. The monoisotopic (exact) mass is 518 g/mol. The molecule has 1 fully saturated rings. The van der Waals surface area contributed by atoms with Gasteiger partial charge in [0.15, 0.2) is 0 Å². The Hall–Kier alpha value is -0.933. The van der Waals surface area contributed by atoms with E-state index in [1.165, 1.54) is 0 Å². The van der Waals surface area contributed by atoms with Gasteiger partial charge in [0, 0.05) is 11.6 Å². The molecule has 0 radical (unpaired) electrons. The summed E-state index contributed by atoms with van der Waals surface area (Å²) in [7, 11) is -1.19. The number of hydrogen-bond acceptors (Lipinski definition) is 5. The number of carbonyl (C=O) groups is 1. The minimum Gasteiger partial charge on any atom is -0.474 e. The number of fused-ring (bicyclic) bond motifs is 1. The van der Waals surface area contributed by atoms with Crippen LogP contribution in [0.1, 0.15) is 19.3 Å². The minimum atomic E-state index is -1.19. The number of carbonyl (C=O) groups excluding carboxylic acids is 1. The Morgan fingerprint density at radius 1 is 1.30 bits per heavy atom. The Morgan fingerprint density at radius 2 is 2.07 bits per heavy atom. The SMILES string of the molecule is C[Si](C)(C)CCOC(=O)[C@H]1CC[C@@H](Oc2nc(Cl)nc3ccc(I)cc23)C1. The molecule has 2 aromatic rings. The second kappa shape index (κ2) is 8.61. The van der Waals surface area contributed by atoms with E-state index in [0.29, 0.717) is 18.9 Å². The molecule has 5 nitrogen and oxygen atoms in total. The fourth-order valence-corrected chi connectivity index (χ4v) is 4.50. The van der Waals surface area contributed by atoms with Crippen LogP contribution >= 0.6 is 34.2 Å². The molecule has 0 saturated heterocycles. The van der Waals surface area contributed by atoms with Gasteiger partial charge in [0.05, 0.1) is 23.4 Å². The number of halogens is 2. The van der Waals surface area contributed by atoms with Crippen LogP contribution in [0.15, 0.2) is 18.2 Å². The molecule has 0 amide bonds. The van der Waals surface area contributed by atoms with Gasteiger partial charge < -0.3 is 9.47 Å². The van der Waals surface area contributed by atoms with Crippen molar-refractivity contribution in [2.24, 2.45) is 5.92 Å². The van der Waals surface area contributed by atoms with Crippen LogP contribution < -0.4 is 4.74 Å². The predicted molar refractivity (Wildman–Crippen MR) is 118 cm³/mol. The number of ether oxygens (including phenoxy) is 2. The van der Waals surface area contributed by atoms with E-state index in [1.807, 2.05) is 18.2 Å². The third kappa shape index (κ3) is 5.77. The molecule has 1 saturated carbocycles. The van der Waals surface area contributed by atoms with Crippen LogP contribution in [0.2, 0.25) is 31.0 Å². The summed E-state index contributed by atoms with van der Waals surface area (Å²) in [5.41, 5.74) is 0.755. The maximum Gasteiger partial charge on any atom is 0.309 e. The van der Waals surface area contributed by atoms with Gasteiger partial charge >= 0.3 is 5.97 Å². The van der Waals surface area contributed by atoms with Crippen molar-refractivity contribution in [3.63, 3.8) is 0 Å². The lowest BCUT2D eigenvalue weighted by Gasteiger charge is -2.17. The molecule has 0 N–H and O–H groups in total. The lowest BCUT2D eigenvalue weighted by Crippen LogP contribution is -2.24. The lowest BCUT2D eigenvalue weighted by atomic mass is 10.1. The zero-order valence-electron chi connectivity index (χ0n) is 15.8. The summed E-state index contributed by atoms with van der Waals surface area (Å²) in [6.07, 6.45) is 2.18. The van der Waals surface area contributed by atoms with Gasteiger partial charge in [0.1, 0.15) is 6.10 Å². The molecular formula is C19H24ClIN2O3Si. The summed E-state index contributed by atoms with van der Waals surface area (Å²) in [5, 5.41) is 1.01. The zero-order chi connectivity index (χ0) is 19.6. The molecule has 1 aliphatic carbocycles. The summed E-state index contributed by atoms with van der Waals surface area (Å²) in [6.45, 7) is 7.36. The van der Waals surface area contributed by atoms with Crippen molar-refractivity contribution in [2.45, 2.75) is 51.1 Å². The first-order chi connectivity index (χ1) is 12.7. The minimum absolute atomic E-state index is 0.0634. The summed E-state index contributed by atoms with van der Waals surface area (Å²) in [6, 6.07) is 6.86. The van der Waals surface area contributed by atoms with E-state index in [-0.39, 0.29) is 23.3 Å². The Labute approximate surface area is 179 Å². The normalized spacial score (nSPS) is 20.0. The second-order valence-electron chi connectivity index (χ2n) is 8.19. The lowest BCUT2D eigenvalue weighted by molar-refractivity contribution is -0.147. The van der Waals surface area contributed by atoms with Crippen LogP contribution in [0.3, 0.4) is 0 Å². The van der Waals surface area contributed by atoms with Crippen LogP contribution in [-0.4, -0.2) is 36.7 Å². The first kappa shape index (κ1) is 20.8. The molecule has 2 atom stereocenters. The van der Waals surface area contributed by atoms with Gasteiger partial charge in [-0.25, -0.2) is 4.98 Å². The van der Waals surface area contributed by atoms with Crippen molar-refractivity contribution in [2.75, 3.05) is 6.61 Å². The molecule has 146 valence electrons. The quantitative estimate of drug-likeness (QED) is 0.224. The molecule has 0 bridgehead atoms. The largest absolute Gasteiger partial charge is 0.474 e. The van der Waals surface area contributed by atoms with Gasteiger partial charge in [0.2, 0.25) is 11.2 Å². The highest BCUT2D eigenvalue weighted by molar-refractivity contribution is 14.1. The number of rotatable bonds is 6. The van der Waals surface area contributed by atoms with E-state index in [4.69, 9.17) is 21.1 Å². The van der Waals surface area contributed by atoms with Crippen LogP contribution in [-0.2, 0) is 9.53 Å².